The lowest BCUT2D eigenvalue weighted by Gasteiger charge is -2.30. The average Bonchev–Trinajstić information content (AvgIpc) is 3.02. The zero-order valence-corrected chi connectivity index (χ0v) is 16.4. The van der Waals surface area contributed by atoms with Gasteiger partial charge in [0.15, 0.2) is 5.78 Å². The number of ketones is 1. The molecule has 0 amide bonds. The van der Waals surface area contributed by atoms with E-state index in [4.69, 9.17) is 11.6 Å². The van der Waals surface area contributed by atoms with E-state index in [1.807, 2.05) is 30.3 Å². The summed E-state index contributed by atoms with van der Waals surface area (Å²) in [5.41, 5.74) is 2.51. The molecule has 6 nitrogen and oxygen atoms in total. The van der Waals surface area contributed by atoms with E-state index in [0.717, 1.165) is 10.1 Å². The molecule has 2 heterocycles. The number of carbonyl (C=O) groups excluding carboxylic acids is 1. The molecule has 2 aliphatic rings. The van der Waals surface area contributed by atoms with E-state index < -0.39 is 17.2 Å². The number of anilines is 1. The van der Waals surface area contributed by atoms with Crippen LogP contribution in [-0.4, -0.2) is 14.9 Å². The number of nitrogens with zero attached hydrogens (tertiary/aromatic N) is 2. The summed E-state index contributed by atoms with van der Waals surface area (Å²) in [4.78, 5) is 39.1. The van der Waals surface area contributed by atoms with E-state index in [9.17, 15) is 14.4 Å². The SMILES string of the molecule is Cn1c2c(c(=O)n(C)c1=O)[C@@H](c1ccccc1Cl)C1=C(N2)c2ccccc2C1=O. The van der Waals surface area contributed by atoms with Crippen molar-refractivity contribution in [3.63, 3.8) is 0 Å². The molecule has 1 aliphatic carbocycles. The second-order valence-corrected chi connectivity index (χ2v) is 7.62. The van der Waals surface area contributed by atoms with Gasteiger partial charge in [-0.1, -0.05) is 54.1 Å². The van der Waals surface area contributed by atoms with Crippen molar-refractivity contribution in [3.8, 4) is 0 Å². The molecule has 144 valence electrons. The Morgan fingerprint density at radius 2 is 1.55 bits per heavy atom. The van der Waals surface area contributed by atoms with Crippen molar-refractivity contribution < 1.29 is 4.79 Å². The molecular formula is C22H16ClN3O3. The van der Waals surface area contributed by atoms with E-state index in [-0.39, 0.29) is 5.78 Å². The summed E-state index contributed by atoms with van der Waals surface area (Å²) in [7, 11) is 3.04. The summed E-state index contributed by atoms with van der Waals surface area (Å²) in [6.45, 7) is 0. The maximum atomic E-state index is 13.4. The highest BCUT2D eigenvalue weighted by Crippen LogP contribution is 2.48. The molecule has 0 fully saturated rings. The fourth-order valence-electron chi connectivity index (χ4n) is 4.28. The molecule has 0 radical (unpaired) electrons. The summed E-state index contributed by atoms with van der Waals surface area (Å²) in [6.07, 6.45) is 0. The van der Waals surface area contributed by atoms with Gasteiger partial charge in [-0.2, -0.15) is 0 Å². The number of fused-ring (bicyclic) bond motifs is 3. The van der Waals surface area contributed by atoms with Gasteiger partial charge in [0.05, 0.1) is 17.2 Å². The van der Waals surface area contributed by atoms with Crippen molar-refractivity contribution in [2.75, 3.05) is 5.32 Å². The van der Waals surface area contributed by atoms with Gasteiger partial charge < -0.3 is 5.32 Å². The van der Waals surface area contributed by atoms with Crippen LogP contribution in [0.1, 0.15) is 33.0 Å². The number of hydrogen-bond donors (Lipinski definition) is 1. The summed E-state index contributed by atoms with van der Waals surface area (Å²) >= 11 is 6.51. The fourth-order valence-corrected chi connectivity index (χ4v) is 4.52. The van der Waals surface area contributed by atoms with E-state index in [1.165, 1.54) is 11.6 Å². The molecule has 29 heavy (non-hydrogen) atoms. The second kappa shape index (κ2) is 6.06. The minimum absolute atomic E-state index is 0.144. The van der Waals surface area contributed by atoms with Crippen molar-refractivity contribution in [2.24, 2.45) is 14.1 Å². The Bertz CT molecular complexity index is 1380. The number of halogens is 1. The Labute approximate surface area is 170 Å². The highest BCUT2D eigenvalue weighted by Gasteiger charge is 2.43. The molecule has 0 spiro atoms. The van der Waals surface area contributed by atoms with Crippen LogP contribution in [0.5, 0.6) is 0 Å². The van der Waals surface area contributed by atoms with Gasteiger partial charge >= 0.3 is 5.69 Å². The first-order chi connectivity index (χ1) is 13.9. The molecule has 0 unspecified atom stereocenters. The van der Waals surface area contributed by atoms with Crippen LogP contribution in [-0.2, 0) is 14.1 Å². The Hall–Kier alpha value is -3.38. The number of benzene rings is 2. The third-order valence-corrected chi connectivity index (χ3v) is 6.04. The minimum atomic E-state index is -0.680. The Morgan fingerprint density at radius 1 is 0.897 bits per heavy atom. The fraction of sp³-hybridized carbons (Fsp3) is 0.136. The second-order valence-electron chi connectivity index (χ2n) is 7.21. The molecule has 1 atom stereocenters. The number of carbonyl (C=O) groups is 1. The van der Waals surface area contributed by atoms with Crippen molar-refractivity contribution >= 4 is 28.9 Å². The van der Waals surface area contributed by atoms with E-state index in [2.05, 4.69) is 5.32 Å². The highest BCUT2D eigenvalue weighted by atomic mass is 35.5. The maximum absolute atomic E-state index is 13.4. The Morgan fingerprint density at radius 3 is 2.28 bits per heavy atom. The average molecular weight is 406 g/mol. The molecule has 0 saturated carbocycles. The van der Waals surface area contributed by atoms with Gasteiger partial charge in [0.2, 0.25) is 0 Å². The first-order valence-electron chi connectivity index (χ1n) is 9.11. The van der Waals surface area contributed by atoms with Gasteiger partial charge in [-0.05, 0) is 11.6 Å². The third-order valence-electron chi connectivity index (χ3n) is 5.69. The molecule has 3 aromatic rings. The number of rotatable bonds is 1. The zero-order chi connectivity index (χ0) is 20.4. The topological polar surface area (TPSA) is 73.1 Å². The predicted molar refractivity (Wildman–Crippen MR) is 112 cm³/mol. The summed E-state index contributed by atoms with van der Waals surface area (Å²) in [6, 6.07) is 14.5. The van der Waals surface area contributed by atoms with Crippen LogP contribution in [0.25, 0.3) is 5.70 Å². The summed E-state index contributed by atoms with van der Waals surface area (Å²) < 4.78 is 2.46. The van der Waals surface area contributed by atoms with Crippen LogP contribution >= 0.6 is 11.6 Å². The zero-order valence-electron chi connectivity index (χ0n) is 15.7. The van der Waals surface area contributed by atoms with Gasteiger partial charge in [0.1, 0.15) is 5.82 Å². The summed E-state index contributed by atoms with van der Waals surface area (Å²) in [5, 5.41) is 3.66. The minimum Gasteiger partial charge on any atom is -0.340 e. The van der Waals surface area contributed by atoms with Crippen LogP contribution in [0.4, 0.5) is 5.82 Å². The molecule has 0 bridgehead atoms. The first kappa shape index (κ1) is 17.7. The van der Waals surface area contributed by atoms with Crippen LogP contribution in [0.15, 0.2) is 63.7 Å². The number of nitrogens with one attached hydrogen (secondary N) is 1. The number of hydrogen-bond acceptors (Lipinski definition) is 4. The van der Waals surface area contributed by atoms with Crippen LogP contribution in [0, 0.1) is 0 Å². The lowest BCUT2D eigenvalue weighted by molar-refractivity contribution is 0.103. The smallest absolute Gasteiger partial charge is 0.332 e. The lowest BCUT2D eigenvalue weighted by atomic mass is 9.81. The van der Waals surface area contributed by atoms with Crippen LogP contribution in [0.2, 0.25) is 5.02 Å². The molecule has 1 aromatic heterocycles. The standard InChI is InChI=1S/C22H16ClN3O3/c1-25-20-17(21(28)26(2)22(25)29)15(13-9-5-6-10-14(13)23)16-18(24-20)11-7-3-4-8-12(11)19(16)27/h3-10,15,24H,1-2H3/t15-/m0/s1. The van der Waals surface area contributed by atoms with Crippen molar-refractivity contribution in [1.82, 2.24) is 9.13 Å². The monoisotopic (exact) mass is 405 g/mol. The molecule has 0 saturated heterocycles. The van der Waals surface area contributed by atoms with Crippen molar-refractivity contribution in [1.29, 1.82) is 0 Å². The van der Waals surface area contributed by atoms with Gasteiger partial charge in [0.25, 0.3) is 5.56 Å². The molecule has 2 aromatic carbocycles. The molecular weight excluding hydrogens is 390 g/mol. The molecule has 1 N–H and O–H groups in total. The van der Waals surface area contributed by atoms with Gasteiger partial charge in [-0.15, -0.1) is 0 Å². The Balaban J connectivity index is 1.92. The predicted octanol–water partition coefficient (Wildman–Crippen LogP) is 2.90. The Kier molecular flexibility index (Phi) is 3.70. The van der Waals surface area contributed by atoms with Gasteiger partial charge in [-0.25, -0.2) is 4.79 Å². The lowest BCUT2D eigenvalue weighted by Crippen LogP contribution is -2.42. The maximum Gasteiger partial charge on any atom is 0.332 e. The van der Waals surface area contributed by atoms with Crippen molar-refractivity contribution in [2.45, 2.75) is 5.92 Å². The first-order valence-corrected chi connectivity index (χ1v) is 9.49. The number of Topliss-reactive ketones (excluding diaryl/α,β-unsaturated/α-hetero) is 1. The van der Waals surface area contributed by atoms with Crippen molar-refractivity contribution in [3.05, 3.63) is 102 Å². The quantitative estimate of drug-likeness (QED) is 0.675. The van der Waals surface area contributed by atoms with E-state index in [0.29, 0.717) is 38.8 Å². The van der Waals surface area contributed by atoms with Crippen LogP contribution in [0.3, 0.4) is 0 Å². The van der Waals surface area contributed by atoms with Gasteiger partial charge in [-0.3, -0.25) is 18.7 Å². The highest BCUT2D eigenvalue weighted by molar-refractivity contribution is 6.32. The number of allylic oxidation sites excluding steroid dienone is 1. The number of aromatic nitrogens is 2. The molecule has 1 aliphatic heterocycles. The van der Waals surface area contributed by atoms with E-state index >= 15 is 0 Å². The molecule has 5 rings (SSSR count). The largest absolute Gasteiger partial charge is 0.340 e. The molecule has 7 heteroatoms. The van der Waals surface area contributed by atoms with E-state index in [1.54, 1.807) is 25.2 Å². The third kappa shape index (κ3) is 2.26. The summed E-state index contributed by atoms with van der Waals surface area (Å²) in [5.74, 6) is -0.443. The van der Waals surface area contributed by atoms with Crippen LogP contribution < -0.4 is 16.6 Å². The van der Waals surface area contributed by atoms with Gasteiger partial charge in [0, 0.05) is 35.8 Å². The normalized spacial score (nSPS) is 16.9.